The zero-order valence-corrected chi connectivity index (χ0v) is 14.7. The Hall–Kier alpha value is -2.22. The number of methoxy groups -OCH3 is 1. The summed E-state index contributed by atoms with van der Waals surface area (Å²) in [6.07, 6.45) is 0.901. The van der Waals surface area contributed by atoms with Crippen LogP contribution in [0.1, 0.15) is 18.1 Å². The van der Waals surface area contributed by atoms with E-state index in [4.69, 9.17) is 9.26 Å². The van der Waals surface area contributed by atoms with Crippen molar-refractivity contribution in [1.82, 2.24) is 20.0 Å². The molecule has 0 saturated carbocycles. The average Bonchev–Trinajstić information content (AvgIpc) is 3.19. The smallest absolute Gasteiger partial charge is 0.235 e. The Morgan fingerprint density at radius 2 is 2.16 bits per heavy atom. The second kappa shape index (κ2) is 5.94. The molecule has 2 saturated heterocycles. The van der Waals surface area contributed by atoms with E-state index in [9.17, 15) is 4.39 Å². The number of pyridine rings is 1. The number of likely N-dealkylation sites (tertiary alicyclic amines) is 1. The third-order valence-electron chi connectivity index (χ3n) is 5.43. The summed E-state index contributed by atoms with van der Waals surface area (Å²) in [7, 11) is 3.64. The van der Waals surface area contributed by atoms with Gasteiger partial charge in [0.05, 0.1) is 12.5 Å². The summed E-state index contributed by atoms with van der Waals surface area (Å²) in [6, 6.07) is 2.94. The van der Waals surface area contributed by atoms with Gasteiger partial charge in [0.25, 0.3) is 0 Å². The molecule has 0 N–H and O–H groups in total. The van der Waals surface area contributed by atoms with Crippen LogP contribution in [0.25, 0.3) is 0 Å². The fraction of sp³-hybridized carbons (Fsp3) is 0.588. The highest BCUT2D eigenvalue weighted by Gasteiger charge is 2.54. The number of hydrogen-bond donors (Lipinski definition) is 0. The summed E-state index contributed by atoms with van der Waals surface area (Å²) < 4.78 is 25.1. The van der Waals surface area contributed by atoms with Gasteiger partial charge in [0.1, 0.15) is 0 Å². The second-order valence-corrected chi connectivity index (χ2v) is 7.05. The van der Waals surface area contributed by atoms with Crippen LogP contribution in [0.5, 0.6) is 5.88 Å². The van der Waals surface area contributed by atoms with Crippen molar-refractivity contribution in [3.8, 4) is 5.88 Å². The molecule has 7 nitrogen and oxygen atoms in total. The van der Waals surface area contributed by atoms with E-state index in [2.05, 4.69) is 27.1 Å². The number of anilines is 1. The number of aryl methyl sites for hydroxylation is 1. The van der Waals surface area contributed by atoms with E-state index < -0.39 is 0 Å². The van der Waals surface area contributed by atoms with E-state index >= 15 is 0 Å². The minimum absolute atomic E-state index is 0.259. The van der Waals surface area contributed by atoms with Crippen LogP contribution >= 0.6 is 0 Å². The van der Waals surface area contributed by atoms with Crippen LogP contribution in [0.3, 0.4) is 0 Å². The van der Waals surface area contributed by atoms with E-state index in [1.165, 1.54) is 19.2 Å². The predicted octanol–water partition coefficient (Wildman–Crippen LogP) is 1.63. The zero-order valence-electron chi connectivity index (χ0n) is 14.7. The lowest BCUT2D eigenvalue weighted by molar-refractivity contribution is 0.118. The topological polar surface area (TPSA) is 67.5 Å². The number of piperidine rings is 1. The van der Waals surface area contributed by atoms with Crippen molar-refractivity contribution >= 4 is 5.82 Å². The van der Waals surface area contributed by atoms with Gasteiger partial charge in [-0.25, -0.2) is 4.39 Å². The van der Waals surface area contributed by atoms with Gasteiger partial charge < -0.3 is 19.1 Å². The molecule has 0 aromatic carbocycles. The van der Waals surface area contributed by atoms with Crippen molar-refractivity contribution in [2.75, 3.05) is 45.2 Å². The SMILES string of the molecule is COc1ccc(F)c(N2C[C@H]3CN(C)CC[C@@]3(c3nc(C)no3)C2)n1. The predicted molar refractivity (Wildman–Crippen MR) is 89.3 cm³/mol. The minimum Gasteiger partial charge on any atom is -0.481 e. The number of nitrogens with zero attached hydrogens (tertiary/aromatic N) is 5. The molecule has 25 heavy (non-hydrogen) atoms. The van der Waals surface area contributed by atoms with Gasteiger partial charge in [-0.2, -0.15) is 9.97 Å². The number of ether oxygens (including phenoxy) is 1. The highest BCUT2D eigenvalue weighted by Crippen LogP contribution is 2.45. The van der Waals surface area contributed by atoms with Crippen LogP contribution in [0.2, 0.25) is 0 Å². The van der Waals surface area contributed by atoms with Gasteiger partial charge in [-0.15, -0.1) is 0 Å². The van der Waals surface area contributed by atoms with E-state index in [-0.39, 0.29) is 17.2 Å². The first-order valence-electron chi connectivity index (χ1n) is 8.46. The maximum atomic E-state index is 14.4. The van der Waals surface area contributed by atoms with Gasteiger partial charge in [-0.05, 0) is 33.0 Å². The van der Waals surface area contributed by atoms with Crippen molar-refractivity contribution in [1.29, 1.82) is 0 Å². The lowest BCUT2D eigenvalue weighted by Crippen LogP contribution is -2.48. The van der Waals surface area contributed by atoms with E-state index in [0.29, 0.717) is 36.5 Å². The quantitative estimate of drug-likeness (QED) is 0.836. The van der Waals surface area contributed by atoms with Crippen LogP contribution in [0.4, 0.5) is 10.2 Å². The standard InChI is InChI=1S/C17H22FN5O2/c1-11-19-16(25-21-11)17-6-7-22(2)8-12(17)9-23(10-17)15-13(18)4-5-14(20-15)24-3/h4-5,12H,6-10H2,1-3H3/t12-,17-/m1/s1. The number of hydrogen-bond acceptors (Lipinski definition) is 7. The highest BCUT2D eigenvalue weighted by molar-refractivity contribution is 5.46. The molecule has 0 spiro atoms. The van der Waals surface area contributed by atoms with Crippen LogP contribution in [-0.4, -0.2) is 60.4 Å². The molecule has 8 heteroatoms. The zero-order chi connectivity index (χ0) is 17.6. The molecule has 134 valence electrons. The van der Waals surface area contributed by atoms with Gasteiger partial charge >= 0.3 is 0 Å². The fourth-order valence-electron chi connectivity index (χ4n) is 4.11. The monoisotopic (exact) mass is 347 g/mol. The normalized spacial score (nSPS) is 26.7. The minimum atomic E-state index is -0.343. The summed E-state index contributed by atoms with van der Waals surface area (Å²) in [5, 5.41) is 3.98. The Kier molecular flexibility index (Phi) is 3.87. The van der Waals surface area contributed by atoms with Gasteiger partial charge in [0, 0.05) is 31.6 Å². The first kappa shape index (κ1) is 16.3. The molecule has 2 fully saturated rings. The van der Waals surface area contributed by atoms with Crippen LogP contribution in [0.15, 0.2) is 16.7 Å². The Labute approximate surface area is 145 Å². The maximum Gasteiger partial charge on any atom is 0.235 e. The number of halogens is 1. The van der Waals surface area contributed by atoms with Crippen LogP contribution in [0, 0.1) is 18.7 Å². The molecule has 0 unspecified atom stereocenters. The molecule has 2 aliphatic rings. The van der Waals surface area contributed by atoms with E-state index in [1.54, 1.807) is 0 Å². The van der Waals surface area contributed by atoms with Crippen molar-refractivity contribution in [2.45, 2.75) is 18.8 Å². The first-order chi connectivity index (χ1) is 12.0. The number of rotatable bonds is 3. The second-order valence-electron chi connectivity index (χ2n) is 7.05. The lowest BCUT2D eigenvalue weighted by Gasteiger charge is -2.39. The molecule has 4 heterocycles. The number of fused-ring (bicyclic) bond motifs is 1. The van der Waals surface area contributed by atoms with Crippen molar-refractivity contribution in [3.63, 3.8) is 0 Å². The summed E-state index contributed by atoms with van der Waals surface area (Å²) in [5.74, 6) is 1.96. The Morgan fingerprint density at radius 1 is 1.32 bits per heavy atom. The fourth-order valence-corrected chi connectivity index (χ4v) is 4.11. The molecule has 2 atom stereocenters. The Balaban J connectivity index is 1.72. The molecule has 4 rings (SSSR count). The van der Waals surface area contributed by atoms with Crippen LogP contribution in [-0.2, 0) is 5.41 Å². The molecule has 0 aliphatic carbocycles. The molecular weight excluding hydrogens is 325 g/mol. The average molecular weight is 347 g/mol. The molecule has 2 aliphatic heterocycles. The van der Waals surface area contributed by atoms with Gasteiger partial charge in [-0.1, -0.05) is 5.16 Å². The van der Waals surface area contributed by atoms with Crippen molar-refractivity contribution < 1.29 is 13.7 Å². The third kappa shape index (κ3) is 2.64. The van der Waals surface area contributed by atoms with Crippen molar-refractivity contribution in [2.24, 2.45) is 5.92 Å². The first-order valence-corrected chi connectivity index (χ1v) is 8.46. The Morgan fingerprint density at radius 3 is 2.88 bits per heavy atom. The Bertz CT molecular complexity index is 782. The summed E-state index contributed by atoms with van der Waals surface area (Å²) in [5.41, 5.74) is -0.259. The number of aromatic nitrogens is 3. The van der Waals surface area contributed by atoms with Gasteiger partial charge in [0.15, 0.2) is 17.5 Å². The van der Waals surface area contributed by atoms with Crippen molar-refractivity contribution in [3.05, 3.63) is 29.7 Å². The molecule has 2 aromatic rings. The van der Waals surface area contributed by atoms with E-state index in [1.807, 2.05) is 11.8 Å². The highest BCUT2D eigenvalue weighted by atomic mass is 19.1. The molecular formula is C17H22FN5O2. The largest absolute Gasteiger partial charge is 0.481 e. The molecule has 0 radical (unpaired) electrons. The molecule has 2 aromatic heterocycles. The summed E-state index contributed by atoms with van der Waals surface area (Å²) in [4.78, 5) is 13.1. The summed E-state index contributed by atoms with van der Waals surface area (Å²) in [6.45, 7) is 4.99. The maximum absolute atomic E-state index is 14.4. The third-order valence-corrected chi connectivity index (χ3v) is 5.43. The molecule has 0 bridgehead atoms. The summed E-state index contributed by atoms with van der Waals surface area (Å²) >= 11 is 0. The van der Waals surface area contributed by atoms with Crippen LogP contribution < -0.4 is 9.64 Å². The lowest BCUT2D eigenvalue weighted by atomic mass is 9.72. The van der Waals surface area contributed by atoms with Gasteiger partial charge in [0.2, 0.25) is 11.8 Å². The van der Waals surface area contributed by atoms with E-state index in [0.717, 1.165) is 19.5 Å². The molecule has 0 amide bonds. The van der Waals surface area contributed by atoms with Gasteiger partial charge in [-0.3, -0.25) is 0 Å².